The monoisotopic (exact) mass is 374 g/mol. The van der Waals surface area contributed by atoms with Crippen molar-refractivity contribution in [3.8, 4) is 0 Å². The lowest BCUT2D eigenvalue weighted by molar-refractivity contribution is 0.192. The van der Waals surface area contributed by atoms with Gasteiger partial charge in [0.25, 0.3) is 0 Å². The minimum Gasteiger partial charge on any atom is -0.334 e. The second-order valence-corrected chi connectivity index (χ2v) is 7.92. The molecule has 28 heavy (non-hydrogen) atoms. The zero-order chi connectivity index (χ0) is 19.3. The average molecular weight is 375 g/mol. The molecule has 0 aliphatic carbocycles. The number of hydrogen-bond acceptors (Lipinski definition) is 3. The Hall–Kier alpha value is -2.46. The van der Waals surface area contributed by atoms with Crippen LogP contribution >= 0.6 is 0 Å². The number of piperidine rings is 1. The highest BCUT2D eigenvalue weighted by Crippen LogP contribution is 2.27. The van der Waals surface area contributed by atoms with Gasteiger partial charge in [0.15, 0.2) is 0 Å². The van der Waals surface area contributed by atoms with E-state index in [1.54, 1.807) is 0 Å². The van der Waals surface area contributed by atoms with Crippen LogP contribution in [0.4, 0.5) is 0 Å². The molecule has 1 fully saturated rings. The topological polar surface area (TPSA) is 34.0 Å². The van der Waals surface area contributed by atoms with Crippen molar-refractivity contribution in [1.29, 1.82) is 0 Å². The summed E-state index contributed by atoms with van der Waals surface area (Å²) in [5.74, 6) is 1.68. The Kier molecular flexibility index (Phi) is 5.87. The highest BCUT2D eigenvalue weighted by molar-refractivity contribution is 5.27. The second kappa shape index (κ2) is 8.70. The van der Waals surface area contributed by atoms with E-state index in [4.69, 9.17) is 4.98 Å². The van der Waals surface area contributed by atoms with Crippen molar-refractivity contribution in [2.24, 2.45) is 0 Å². The maximum absolute atomic E-state index is 5.04. The molecule has 0 radical (unpaired) electrons. The minimum absolute atomic E-state index is 0.510. The zero-order valence-electron chi connectivity index (χ0n) is 17.0. The fourth-order valence-electron chi connectivity index (χ4n) is 4.28. The summed E-state index contributed by atoms with van der Waals surface area (Å²) in [6.45, 7) is 8.45. The first-order chi connectivity index (χ1) is 13.7. The number of aromatic nitrogens is 3. The summed E-state index contributed by atoms with van der Waals surface area (Å²) >= 11 is 0. The van der Waals surface area contributed by atoms with Crippen LogP contribution < -0.4 is 0 Å². The molecular formula is C24H30N4. The number of hydrogen-bond donors (Lipinski definition) is 0. The molecule has 0 N–H and O–H groups in total. The maximum atomic E-state index is 5.04. The molecule has 3 heterocycles. The van der Waals surface area contributed by atoms with Crippen LogP contribution in [0.2, 0.25) is 0 Å². The van der Waals surface area contributed by atoms with Crippen LogP contribution in [-0.2, 0) is 19.5 Å². The van der Waals surface area contributed by atoms with Gasteiger partial charge in [0, 0.05) is 49.2 Å². The Morgan fingerprint density at radius 2 is 2.04 bits per heavy atom. The number of likely N-dealkylation sites (tertiary alicyclic amines) is 1. The molecule has 3 aromatic rings. The van der Waals surface area contributed by atoms with Crippen molar-refractivity contribution in [1.82, 2.24) is 19.4 Å². The summed E-state index contributed by atoms with van der Waals surface area (Å²) in [5.41, 5.74) is 5.05. The Balaban J connectivity index is 1.45. The summed E-state index contributed by atoms with van der Waals surface area (Å²) in [7, 11) is 0. The quantitative estimate of drug-likeness (QED) is 0.633. The number of benzene rings is 1. The van der Waals surface area contributed by atoms with Gasteiger partial charge in [0.1, 0.15) is 5.82 Å². The molecule has 0 amide bonds. The van der Waals surface area contributed by atoms with Crippen LogP contribution in [0, 0.1) is 6.92 Å². The van der Waals surface area contributed by atoms with E-state index in [-0.39, 0.29) is 0 Å². The summed E-state index contributed by atoms with van der Waals surface area (Å²) in [6, 6.07) is 15.3. The normalized spacial score (nSPS) is 17.7. The molecule has 0 saturated carbocycles. The fourth-order valence-corrected chi connectivity index (χ4v) is 4.28. The first-order valence-corrected chi connectivity index (χ1v) is 10.4. The van der Waals surface area contributed by atoms with Crippen LogP contribution in [0.25, 0.3) is 0 Å². The Morgan fingerprint density at radius 3 is 2.89 bits per heavy atom. The molecule has 1 aromatic carbocycles. The molecule has 0 bridgehead atoms. The lowest BCUT2D eigenvalue weighted by atomic mass is 9.94. The first-order valence-electron chi connectivity index (χ1n) is 10.4. The van der Waals surface area contributed by atoms with Crippen LogP contribution in [0.1, 0.15) is 54.0 Å². The summed E-state index contributed by atoms with van der Waals surface area (Å²) in [5, 5.41) is 0. The first kappa shape index (κ1) is 18.9. The number of nitrogens with zero attached hydrogens (tertiary/aromatic N) is 4. The van der Waals surface area contributed by atoms with E-state index in [0.29, 0.717) is 5.92 Å². The van der Waals surface area contributed by atoms with Crippen molar-refractivity contribution in [2.45, 2.75) is 52.1 Å². The van der Waals surface area contributed by atoms with Crippen molar-refractivity contribution in [3.05, 3.63) is 83.2 Å². The van der Waals surface area contributed by atoms with Crippen molar-refractivity contribution in [2.75, 3.05) is 13.1 Å². The van der Waals surface area contributed by atoms with E-state index >= 15 is 0 Å². The van der Waals surface area contributed by atoms with Gasteiger partial charge in [-0.15, -0.1) is 0 Å². The summed E-state index contributed by atoms with van der Waals surface area (Å²) in [4.78, 5) is 12.1. The van der Waals surface area contributed by atoms with Crippen LogP contribution in [0.15, 0.2) is 54.9 Å². The minimum atomic E-state index is 0.510. The smallest absolute Gasteiger partial charge is 0.122 e. The van der Waals surface area contributed by atoms with Crippen LogP contribution in [-0.4, -0.2) is 32.5 Å². The predicted molar refractivity (Wildman–Crippen MR) is 113 cm³/mol. The second-order valence-electron chi connectivity index (χ2n) is 7.92. The molecule has 146 valence electrons. The van der Waals surface area contributed by atoms with Gasteiger partial charge < -0.3 is 4.57 Å². The van der Waals surface area contributed by atoms with E-state index in [1.165, 1.54) is 41.2 Å². The average Bonchev–Trinajstić information content (AvgIpc) is 3.15. The molecule has 1 atom stereocenters. The highest BCUT2D eigenvalue weighted by atomic mass is 15.2. The van der Waals surface area contributed by atoms with Gasteiger partial charge >= 0.3 is 0 Å². The molecule has 1 aliphatic rings. The van der Waals surface area contributed by atoms with E-state index in [9.17, 15) is 0 Å². The van der Waals surface area contributed by atoms with Gasteiger partial charge in [-0.05, 0) is 50.9 Å². The van der Waals surface area contributed by atoms with E-state index in [1.807, 2.05) is 6.20 Å². The maximum Gasteiger partial charge on any atom is 0.122 e. The number of aryl methyl sites for hydroxylation is 2. The Bertz CT molecular complexity index is 914. The van der Waals surface area contributed by atoms with E-state index in [2.05, 4.69) is 77.0 Å². The van der Waals surface area contributed by atoms with Crippen molar-refractivity contribution in [3.63, 3.8) is 0 Å². The molecule has 4 heteroatoms. The molecular weight excluding hydrogens is 344 g/mol. The molecule has 4 nitrogen and oxygen atoms in total. The summed E-state index contributed by atoms with van der Waals surface area (Å²) in [6.07, 6.45) is 7.34. The molecule has 4 rings (SSSR count). The lowest BCUT2D eigenvalue weighted by Gasteiger charge is -2.32. The van der Waals surface area contributed by atoms with Gasteiger partial charge in [0.05, 0.1) is 6.54 Å². The van der Waals surface area contributed by atoms with Crippen LogP contribution in [0.5, 0.6) is 0 Å². The molecule has 2 aromatic heterocycles. The van der Waals surface area contributed by atoms with Gasteiger partial charge in [-0.2, -0.15) is 0 Å². The predicted octanol–water partition coefficient (Wildman–Crippen LogP) is 4.58. The van der Waals surface area contributed by atoms with Crippen molar-refractivity contribution < 1.29 is 0 Å². The Morgan fingerprint density at radius 1 is 1.14 bits per heavy atom. The van der Waals surface area contributed by atoms with Gasteiger partial charge in [-0.25, -0.2) is 4.98 Å². The third kappa shape index (κ3) is 4.50. The number of imidazole rings is 1. The molecule has 1 aliphatic heterocycles. The van der Waals surface area contributed by atoms with Crippen LogP contribution in [0.3, 0.4) is 0 Å². The largest absolute Gasteiger partial charge is 0.334 e. The number of pyridine rings is 1. The van der Waals surface area contributed by atoms with E-state index in [0.717, 1.165) is 32.6 Å². The lowest BCUT2D eigenvalue weighted by Crippen LogP contribution is -2.35. The molecule has 0 unspecified atom stereocenters. The fraction of sp³-hybridized carbons (Fsp3) is 0.417. The van der Waals surface area contributed by atoms with Gasteiger partial charge in [-0.1, -0.05) is 35.9 Å². The summed E-state index contributed by atoms with van der Waals surface area (Å²) < 4.78 is 2.24. The van der Waals surface area contributed by atoms with Gasteiger partial charge in [-0.3, -0.25) is 9.88 Å². The molecule has 1 saturated heterocycles. The third-order valence-corrected chi connectivity index (χ3v) is 5.73. The third-order valence-electron chi connectivity index (χ3n) is 5.73. The zero-order valence-corrected chi connectivity index (χ0v) is 17.0. The Labute approximate surface area is 168 Å². The standard InChI is InChI=1S/C24H30N4/c1-3-28-14-12-25-24(28)18-27-13-6-9-21(17-27)23-11-5-10-22(26-23)16-20-8-4-7-19(2)15-20/h4-5,7-8,10-12,14-15,21H,3,6,9,13,16-18H2,1-2H3/t21-/m1/s1. The molecule has 0 spiro atoms. The van der Waals surface area contributed by atoms with Gasteiger partial charge in [0.2, 0.25) is 0 Å². The van der Waals surface area contributed by atoms with Crippen molar-refractivity contribution >= 4 is 0 Å². The SMILES string of the molecule is CCn1ccnc1CN1CCC[C@@H](c2cccc(Cc3cccc(C)c3)n2)C1. The highest BCUT2D eigenvalue weighted by Gasteiger charge is 2.23. The van der Waals surface area contributed by atoms with E-state index < -0.39 is 0 Å². The number of rotatable bonds is 6.